The molecule has 100 valence electrons. The Morgan fingerprint density at radius 2 is 2.00 bits per heavy atom. The molecule has 6 heteroatoms. The zero-order chi connectivity index (χ0) is 13.7. The van der Waals surface area contributed by atoms with Gasteiger partial charge in [0, 0.05) is 0 Å². The molecule has 0 heterocycles. The third kappa shape index (κ3) is 4.14. The standard InChI is InChI=1S/C12H14Cl2O4/c1-2-18-11(16)6-10(15)12(17)7-3-4-8(13)9(14)5-7/h3-5,10,12,15,17H,2,6H2,1H3. The highest BCUT2D eigenvalue weighted by atomic mass is 35.5. The van der Waals surface area contributed by atoms with E-state index in [2.05, 4.69) is 4.74 Å². The van der Waals surface area contributed by atoms with Gasteiger partial charge in [-0.1, -0.05) is 29.3 Å². The number of carbonyl (C=O) groups is 1. The first-order chi connectivity index (χ1) is 8.45. The van der Waals surface area contributed by atoms with Crippen LogP contribution in [0.15, 0.2) is 18.2 Å². The molecule has 1 rings (SSSR count). The topological polar surface area (TPSA) is 66.8 Å². The van der Waals surface area contributed by atoms with E-state index in [0.29, 0.717) is 10.6 Å². The van der Waals surface area contributed by atoms with Crippen LogP contribution in [0.4, 0.5) is 0 Å². The summed E-state index contributed by atoms with van der Waals surface area (Å²) in [6, 6.07) is 4.50. The molecule has 0 spiro atoms. The Kier molecular flexibility index (Phi) is 5.88. The Labute approximate surface area is 115 Å². The molecule has 4 nitrogen and oxygen atoms in total. The molecule has 0 aliphatic heterocycles. The summed E-state index contributed by atoms with van der Waals surface area (Å²) in [4.78, 5) is 11.2. The predicted molar refractivity (Wildman–Crippen MR) is 68.7 cm³/mol. The maximum absolute atomic E-state index is 11.2. The van der Waals surface area contributed by atoms with Crippen LogP contribution in [-0.2, 0) is 9.53 Å². The van der Waals surface area contributed by atoms with E-state index in [1.807, 2.05) is 0 Å². The van der Waals surface area contributed by atoms with Gasteiger partial charge in [-0.15, -0.1) is 0 Å². The van der Waals surface area contributed by atoms with Crippen molar-refractivity contribution in [2.45, 2.75) is 25.6 Å². The number of ether oxygens (including phenoxy) is 1. The lowest BCUT2D eigenvalue weighted by Gasteiger charge is -2.17. The van der Waals surface area contributed by atoms with Gasteiger partial charge in [0.2, 0.25) is 0 Å². The van der Waals surface area contributed by atoms with Crippen molar-refractivity contribution in [3.05, 3.63) is 33.8 Å². The van der Waals surface area contributed by atoms with Gasteiger partial charge in [0.25, 0.3) is 0 Å². The molecular formula is C12H14Cl2O4. The molecule has 0 saturated heterocycles. The van der Waals surface area contributed by atoms with Crippen molar-refractivity contribution in [2.24, 2.45) is 0 Å². The van der Waals surface area contributed by atoms with Gasteiger partial charge in [-0.25, -0.2) is 0 Å². The van der Waals surface area contributed by atoms with Gasteiger partial charge in [0.05, 0.1) is 29.2 Å². The summed E-state index contributed by atoms with van der Waals surface area (Å²) in [6.07, 6.45) is -2.75. The monoisotopic (exact) mass is 292 g/mol. The number of aliphatic hydroxyl groups excluding tert-OH is 2. The first-order valence-corrected chi connectivity index (χ1v) is 6.18. The first kappa shape index (κ1) is 15.2. The second-order valence-electron chi connectivity index (χ2n) is 3.69. The number of halogens is 2. The van der Waals surface area contributed by atoms with Crippen molar-refractivity contribution in [3.8, 4) is 0 Å². The van der Waals surface area contributed by atoms with Crippen LogP contribution in [0.3, 0.4) is 0 Å². The summed E-state index contributed by atoms with van der Waals surface area (Å²) < 4.78 is 4.68. The van der Waals surface area contributed by atoms with E-state index < -0.39 is 18.2 Å². The fraction of sp³-hybridized carbons (Fsp3) is 0.417. The number of hydrogen-bond donors (Lipinski definition) is 2. The molecule has 0 bridgehead atoms. The number of carbonyl (C=O) groups excluding carboxylic acids is 1. The Hall–Kier alpha value is -0.810. The Morgan fingerprint density at radius 1 is 1.33 bits per heavy atom. The van der Waals surface area contributed by atoms with Gasteiger partial charge in [-0.2, -0.15) is 0 Å². The van der Waals surface area contributed by atoms with Crippen LogP contribution >= 0.6 is 23.2 Å². The SMILES string of the molecule is CCOC(=O)CC(O)C(O)c1ccc(Cl)c(Cl)c1. The lowest BCUT2D eigenvalue weighted by Crippen LogP contribution is -2.23. The molecule has 0 saturated carbocycles. The summed E-state index contributed by atoms with van der Waals surface area (Å²) in [7, 11) is 0. The second-order valence-corrected chi connectivity index (χ2v) is 4.51. The van der Waals surface area contributed by atoms with Crippen LogP contribution in [0, 0.1) is 0 Å². The molecule has 0 radical (unpaired) electrons. The summed E-state index contributed by atoms with van der Waals surface area (Å²) in [6.45, 7) is 1.90. The minimum atomic E-state index is -1.25. The van der Waals surface area contributed by atoms with Crippen LogP contribution in [0.25, 0.3) is 0 Å². The Balaban J connectivity index is 2.70. The van der Waals surface area contributed by atoms with Gasteiger partial charge < -0.3 is 14.9 Å². The normalized spacial score (nSPS) is 14.1. The Bertz CT molecular complexity index is 423. The van der Waals surface area contributed by atoms with Gasteiger partial charge in [0.15, 0.2) is 0 Å². The second kappa shape index (κ2) is 6.95. The van der Waals surface area contributed by atoms with Gasteiger partial charge in [-0.05, 0) is 24.6 Å². The molecule has 0 aliphatic rings. The lowest BCUT2D eigenvalue weighted by molar-refractivity contribution is -0.147. The van der Waals surface area contributed by atoms with E-state index >= 15 is 0 Å². The number of aliphatic hydroxyl groups is 2. The highest BCUT2D eigenvalue weighted by Gasteiger charge is 2.22. The van der Waals surface area contributed by atoms with Gasteiger partial charge >= 0.3 is 5.97 Å². The number of hydrogen-bond acceptors (Lipinski definition) is 4. The van der Waals surface area contributed by atoms with Crippen molar-refractivity contribution in [2.75, 3.05) is 6.61 Å². The average Bonchev–Trinajstić information content (AvgIpc) is 2.32. The Morgan fingerprint density at radius 3 is 2.56 bits per heavy atom. The van der Waals surface area contributed by atoms with Crippen LogP contribution < -0.4 is 0 Å². The zero-order valence-corrected chi connectivity index (χ0v) is 11.3. The zero-order valence-electron chi connectivity index (χ0n) is 9.77. The number of rotatable bonds is 5. The molecule has 2 atom stereocenters. The highest BCUT2D eigenvalue weighted by molar-refractivity contribution is 6.42. The third-order valence-corrected chi connectivity index (χ3v) is 3.07. The largest absolute Gasteiger partial charge is 0.466 e. The van der Waals surface area contributed by atoms with E-state index in [9.17, 15) is 15.0 Å². The van der Waals surface area contributed by atoms with Crippen LogP contribution in [0.1, 0.15) is 25.0 Å². The molecule has 0 amide bonds. The summed E-state index contributed by atoms with van der Waals surface area (Å²) in [5.74, 6) is -0.566. The van der Waals surface area contributed by atoms with E-state index in [1.54, 1.807) is 6.92 Å². The van der Waals surface area contributed by atoms with Crippen molar-refractivity contribution < 1.29 is 19.7 Å². The molecular weight excluding hydrogens is 279 g/mol. The number of esters is 1. The summed E-state index contributed by atoms with van der Waals surface area (Å²) >= 11 is 11.5. The van der Waals surface area contributed by atoms with Crippen molar-refractivity contribution in [1.29, 1.82) is 0 Å². The maximum Gasteiger partial charge on any atom is 0.308 e. The molecule has 2 unspecified atom stereocenters. The van der Waals surface area contributed by atoms with Crippen molar-refractivity contribution in [1.82, 2.24) is 0 Å². The maximum atomic E-state index is 11.2. The van der Waals surface area contributed by atoms with Crippen LogP contribution in [0.2, 0.25) is 10.0 Å². The third-order valence-electron chi connectivity index (χ3n) is 2.33. The molecule has 1 aromatic rings. The molecule has 18 heavy (non-hydrogen) atoms. The minimum absolute atomic E-state index is 0.231. The molecule has 0 fully saturated rings. The van der Waals surface area contributed by atoms with E-state index in [0.717, 1.165) is 0 Å². The van der Waals surface area contributed by atoms with Crippen LogP contribution in [0.5, 0.6) is 0 Å². The fourth-order valence-electron chi connectivity index (χ4n) is 1.42. The first-order valence-electron chi connectivity index (χ1n) is 5.42. The predicted octanol–water partition coefficient (Wildman–Crippen LogP) is 2.34. The highest BCUT2D eigenvalue weighted by Crippen LogP contribution is 2.27. The molecule has 1 aromatic carbocycles. The average molecular weight is 293 g/mol. The van der Waals surface area contributed by atoms with Gasteiger partial charge in [-0.3, -0.25) is 4.79 Å². The lowest BCUT2D eigenvalue weighted by atomic mass is 10.0. The van der Waals surface area contributed by atoms with Crippen LogP contribution in [-0.4, -0.2) is 28.9 Å². The molecule has 0 aliphatic carbocycles. The molecule has 0 aromatic heterocycles. The van der Waals surface area contributed by atoms with Crippen molar-refractivity contribution >= 4 is 29.2 Å². The fourth-order valence-corrected chi connectivity index (χ4v) is 1.73. The van der Waals surface area contributed by atoms with E-state index in [4.69, 9.17) is 23.2 Å². The smallest absolute Gasteiger partial charge is 0.308 e. The summed E-state index contributed by atoms with van der Waals surface area (Å²) in [5.41, 5.74) is 0.390. The van der Waals surface area contributed by atoms with E-state index in [-0.39, 0.29) is 18.1 Å². The minimum Gasteiger partial charge on any atom is -0.466 e. The van der Waals surface area contributed by atoms with Gasteiger partial charge in [0.1, 0.15) is 6.10 Å². The number of benzene rings is 1. The van der Waals surface area contributed by atoms with E-state index in [1.165, 1.54) is 18.2 Å². The quantitative estimate of drug-likeness (QED) is 0.818. The van der Waals surface area contributed by atoms with Crippen molar-refractivity contribution in [3.63, 3.8) is 0 Å². The summed E-state index contributed by atoms with van der Waals surface area (Å²) in [5, 5.41) is 20.2. The molecule has 2 N–H and O–H groups in total.